The van der Waals surface area contributed by atoms with Crippen molar-refractivity contribution >= 4 is 5.69 Å². The molecule has 1 heterocycles. The van der Waals surface area contributed by atoms with Crippen LogP contribution in [0.4, 0.5) is 5.69 Å². The predicted octanol–water partition coefficient (Wildman–Crippen LogP) is 2.55. The molecule has 1 saturated heterocycles. The van der Waals surface area contributed by atoms with Crippen molar-refractivity contribution in [3.05, 3.63) is 29.3 Å². The van der Waals surface area contributed by atoms with Gasteiger partial charge in [0.1, 0.15) is 0 Å². The second kappa shape index (κ2) is 6.37. The zero-order chi connectivity index (χ0) is 14.8. The summed E-state index contributed by atoms with van der Waals surface area (Å²) >= 11 is 0. The van der Waals surface area contributed by atoms with Gasteiger partial charge in [-0.1, -0.05) is 12.1 Å². The number of nitrogens with zero attached hydrogens (tertiary/aromatic N) is 2. The number of piperazine rings is 1. The zero-order valence-electron chi connectivity index (χ0n) is 13.5. The molecule has 0 bridgehead atoms. The molecule has 116 valence electrons. The average Bonchev–Trinajstić information content (AvgIpc) is 2.46. The highest BCUT2D eigenvalue weighted by molar-refractivity contribution is 5.56. The molecule has 1 aromatic carbocycles. The fourth-order valence-corrected chi connectivity index (χ4v) is 3.68. The van der Waals surface area contributed by atoms with E-state index in [-0.39, 0.29) is 0 Å². The van der Waals surface area contributed by atoms with E-state index in [1.165, 1.54) is 55.7 Å². The summed E-state index contributed by atoms with van der Waals surface area (Å²) in [5, 5.41) is 0. The molecule has 3 rings (SSSR count). The molecule has 1 saturated carbocycles. The molecule has 2 fully saturated rings. The molecule has 0 atom stereocenters. The van der Waals surface area contributed by atoms with Gasteiger partial charge in [0.05, 0.1) is 0 Å². The molecule has 0 radical (unpaired) electrons. The molecule has 1 aliphatic carbocycles. The molecule has 0 unspecified atom stereocenters. The summed E-state index contributed by atoms with van der Waals surface area (Å²) < 4.78 is 0. The van der Waals surface area contributed by atoms with Crippen molar-refractivity contribution in [2.75, 3.05) is 37.6 Å². The van der Waals surface area contributed by atoms with E-state index in [9.17, 15) is 0 Å². The summed E-state index contributed by atoms with van der Waals surface area (Å²) in [5.41, 5.74) is 10.1. The normalized spacial score (nSPS) is 26.7. The van der Waals surface area contributed by atoms with Gasteiger partial charge < -0.3 is 10.6 Å². The fourth-order valence-electron chi connectivity index (χ4n) is 3.68. The van der Waals surface area contributed by atoms with Gasteiger partial charge in [-0.2, -0.15) is 0 Å². The number of hydrogen-bond donors (Lipinski definition) is 1. The summed E-state index contributed by atoms with van der Waals surface area (Å²) in [4.78, 5) is 5.18. The van der Waals surface area contributed by atoms with Crippen LogP contribution in [0.25, 0.3) is 0 Å². The van der Waals surface area contributed by atoms with Crippen LogP contribution >= 0.6 is 0 Å². The molecule has 0 aromatic heterocycles. The standard InChI is InChI=1S/C18H29N3/c1-14-4-3-5-18(15(14)2)21-10-8-20(9-11-21)7-6-16-12-17(19)13-16/h3-5,16-17H,6-13,19H2,1-2H3. The lowest BCUT2D eigenvalue weighted by molar-refractivity contribution is 0.189. The van der Waals surface area contributed by atoms with Crippen LogP contribution in [-0.2, 0) is 0 Å². The number of anilines is 1. The van der Waals surface area contributed by atoms with Gasteiger partial charge in [-0.05, 0) is 62.8 Å². The molecule has 2 N–H and O–H groups in total. The highest BCUT2D eigenvalue weighted by Crippen LogP contribution is 2.29. The molecule has 2 aliphatic rings. The third-order valence-corrected chi connectivity index (χ3v) is 5.41. The van der Waals surface area contributed by atoms with Crippen molar-refractivity contribution < 1.29 is 0 Å². The highest BCUT2D eigenvalue weighted by Gasteiger charge is 2.26. The van der Waals surface area contributed by atoms with E-state index in [1.54, 1.807) is 0 Å². The second-order valence-corrected chi connectivity index (χ2v) is 6.93. The molecule has 21 heavy (non-hydrogen) atoms. The van der Waals surface area contributed by atoms with Gasteiger partial charge >= 0.3 is 0 Å². The molecule has 1 aromatic rings. The lowest BCUT2D eigenvalue weighted by atomic mass is 9.79. The Bertz CT molecular complexity index is 471. The zero-order valence-corrected chi connectivity index (χ0v) is 13.5. The number of nitrogens with two attached hydrogens (primary N) is 1. The Balaban J connectivity index is 1.47. The Morgan fingerprint density at radius 3 is 2.48 bits per heavy atom. The van der Waals surface area contributed by atoms with Crippen LogP contribution in [0.15, 0.2) is 18.2 Å². The van der Waals surface area contributed by atoms with Crippen LogP contribution in [0.2, 0.25) is 0 Å². The minimum atomic E-state index is 0.496. The van der Waals surface area contributed by atoms with Crippen molar-refractivity contribution in [3.63, 3.8) is 0 Å². The third-order valence-electron chi connectivity index (χ3n) is 5.41. The lowest BCUT2D eigenvalue weighted by Gasteiger charge is -2.39. The second-order valence-electron chi connectivity index (χ2n) is 6.93. The smallest absolute Gasteiger partial charge is 0.0399 e. The number of rotatable bonds is 4. The summed E-state index contributed by atoms with van der Waals surface area (Å²) in [6.45, 7) is 10.4. The largest absolute Gasteiger partial charge is 0.369 e. The predicted molar refractivity (Wildman–Crippen MR) is 89.9 cm³/mol. The first-order chi connectivity index (χ1) is 10.1. The van der Waals surface area contributed by atoms with E-state index in [2.05, 4.69) is 41.8 Å². The van der Waals surface area contributed by atoms with Gasteiger partial charge in [-0.25, -0.2) is 0 Å². The Kier molecular flexibility index (Phi) is 4.51. The summed E-state index contributed by atoms with van der Waals surface area (Å²) in [7, 11) is 0. The maximum atomic E-state index is 5.87. The Hall–Kier alpha value is -1.06. The molecule has 3 heteroatoms. The summed E-state index contributed by atoms with van der Waals surface area (Å²) in [5.74, 6) is 0.900. The molecular formula is C18H29N3. The maximum absolute atomic E-state index is 5.87. The molecule has 0 amide bonds. The van der Waals surface area contributed by atoms with Crippen molar-refractivity contribution in [2.45, 2.75) is 39.2 Å². The number of aryl methyl sites for hydroxylation is 1. The first-order valence-corrected chi connectivity index (χ1v) is 8.42. The van der Waals surface area contributed by atoms with Gasteiger partial charge in [0.2, 0.25) is 0 Å². The van der Waals surface area contributed by atoms with Gasteiger partial charge in [-0.3, -0.25) is 4.90 Å². The van der Waals surface area contributed by atoms with Crippen molar-refractivity contribution in [1.82, 2.24) is 4.90 Å². The van der Waals surface area contributed by atoms with E-state index in [4.69, 9.17) is 5.73 Å². The highest BCUT2D eigenvalue weighted by atomic mass is 15.3. The average molecular weight is 287 g/mol. The minimum absolute atomic E-state index is 0.496. The van der Waals surface area contributed by atoms with Crippen molar-refractivity contribution in [3.8, 4) is 0 Å². The van der Waals surface area contributed by atoms with E-state index in [1.807, 2.05) is 0 Å². The third kappa shape index (κ3) is 3.41. The maximum Gasteiger partial charge on any atom is 0.0399 e. The monoisotopic (exact) mass is 287 g/mol. The van der Waals surface area contributed by atoms with E-state index >= 15 is 0 Å². The molecule has 3 nitrogen and oxygen atoms in total. The van der Waals surface area contributed by atoms with Gasteiger partial charge in [0.25, 0.3) is 0 Å². The SMILES string of the molecule is Cc1cccc(N2CCN(CCC3CC(N)C3)CC2)c1C. The summed E-state index contributed by atoms with van der Waals surface area (Å²) in [6, 6.07) is 7.16. The van der Waals surface area contributed by atoms with Gasteiger partial charge in [0, 0.05) is 37.9 Å². The van der Waals surface area contributed by atoms with Crippen LogP contribution in [0.5, 0.6) is 0 Å². The van der Waals surface area contributed by atoms with Gasteiger partial charge in [0.15, 0.2) is 0 Å². The Morgan fingerprint density at radius 2 is 1.81 bits per heavy atom. The number of benzene rings is 1. The lowest BCUT2D eigenvalue weighted by Crippen LogP contribution is -2.47. The van der Waals surface area contributed by atoms with Crippen LogP contribution in [0, 0.1) is 19.8 Å². The summed E-state index contributed by atoms with van der Waals surface area (Å²) in [6.07, 6.45) is 3.85. The minimum Gasteiger partial charge on any atom is -0.369 e. The first kappa shape index (κ1) is 14.9. The van der Waals surface area contributed by atoms with Crippen LogP contribution in [0.1, 0.15) is 30.4 Å². The molecule has 1 aliphatic heterocycles. The van der Waals surface area contributed by atoms with Crippen LogP contribution < -0.4 is 10.6 Å². The van der Waals surface area contributed by atoms with E-state index in [0.29, 0.717) is 6.04 Å². The first-order valence-electron chi connectivity index (χ1n) is 8.42. The Morgan fingerprint density at radius 1 is 1.10 bits per heavy atom. The molecule has 0 spiro atoms. The molecular weight excluding hydrogens is 258 g/mol. The van der Waals surface area contributed by atoms with E-state index < -0.39 is 0 Å². The Labute approximate surface area is 129 Å². The fraction of sp³-hybridized carbons (Fsp3) is 0.667. The van der Waals surface area contributed by atoms with Crippen LogP contribution in [-0.4, -0.2) is 43.7 Å². The number of hydrogen-bond acceptors (Lipinski definition) is 3. The topological polar surface area (TPSA) is 32.5 Å². The van der Waals surface area contributed by atoms with Crippen LogP contribution in [0.3, 0.4) is 0 Å². The van der Waals surface area contributed by atoms with Gasteiger partial charge in [-0.15, -0.1) is 0 Å². The quantitative estimate of drug-likeness (QED) is 0.924. The van der Waals surface area contributed by atoms with Crippen molar-refractivity contribution in [1.29, 1.82) is 0 Å². The van der Waals surface area contributed by atoms with E-state index in [0.717, 1.165) is 19.0 Å². The van der Waals surface area contributed by atoms with Crippen molar-refractivity contribution in [2.24, 2.45) is 11.7 Å².